The van der Waals surface area contributed by atoms with E-state index < -0.39 is 0 Å². The van der Waals surface area contributed by atoms with Crippen LogP contribution in [0.25, 0.3) is 0 Å². The quantitative estimate of drug-likeness (QED) is 0.733. The maximum absolute atomic E-state index is 12.9. The van der Waals surface area contributed by atoms with E-state index in [1.54, 1.807) is 12.1 Å². The molecule has 1 aromatic carbocycles. The minimum Gasteiger partial charge on any atom is -0.296 e. The van der Waals surface area contributed by atoms with Gasteiger partial charge in [0.15, 0.2) is 0 Å². The Hall–Kier alpha value is -0.600. The summed E-state index contributed by atoms with van der Waals surface area (Å²) in [4.78, 5) is 2.67. The Bertz CT molecular complexity index is 439. The molecule has 1 nitrogen and oxygen atoms in total. The van der Waals surface area contributed by atoms with Crippen molar-refractivity contribution >= 4 is 11.6 Å². The van der Waals surface area contributed by atoms with Gasteiger partial charge in [-0.25, -0.2) is 4.39 Å². The van der Waals surface area contributed by atoms with Crippen LogP contribution < -0.4 is 0 Å². The monoisotopic (exact) mass is 309 g/mol. The number of hydrogen-bond donors (Lipinski definition) is 0. The SMILES string of the molecule is Fc1ccc(CC2CCC(N3CCC[C@H]3CCl)CC2)cc1. The summed E-state index contributed by atoms with van der Waals surface area (Å²) in [6.07, 6.45) is 8.90. The zero-order valence-electron chi connectivity index (χ0n) is 12.6. The highest BCUT2D eigenvalue weighted by Crippen LogP contribution is 2.33. The molecule has 0 bridgehead atoms. The summed E-state index contributed by atoms with van der Waals surface area (Å²) in [7, 11) is 0. The second kappa shape index (κ2) is 7.11. The van der Waals surface area contributed by atoms with Gasteiger partial charge in [-0.05, 0) is 75.1 Å². The number of rotatable bonds is 4. The van der Waals surface area contributed by atoms with Crippen molar-refractivity contribution in [2.24, 2.45) is 5.92 Å². The molecule has 0 unspecified atom stereocenters. The molecule has 116 valence electrons. The molecule has 2 fully saturated rings. The summed E-state index contributed by atoms with van der Waals surface area (Å²) >= 11 is 6.10. The van der Waals surface area contributed by atoms with Crippen LogP contribution in [-0.4, -0.2) is 29.4 Å². The van der Waals surface area contributed by atoms with E-state index >= 15 is 0 Å². The van der Waals surface area contributed by atoms with Crippen LogP contribution >= 0.6 is 11.6 Å². The van der Waals surface area contributed by atoms with Crippen molar-refractivity contribution in [3.63, 3.8) is 0 Å². The first-order valence-electron chi connectivity index (χ1n) is 8.32. The van der Waals surface area contributed by atoms with Crippen molar-refractivity contribution in [3.8, 4) is 0 Å². The average molecular weight is 310 g/mol. The van der Waals surface area contributed by atoms with Gasteiger partial charge in [0, 0.05) is 18.0 Å². The smallest absolute Gasteiger partial charge is 0.123 e. The Morgan fingerprint density at radius 3 is 2.43 bits per heavy atom. The van der Waals surface area contributed by atoms with Crippen molar-refractivity contribution in [2.75, 3.05) is 12.4 Å². The molecule has 0 aromatic heterocycles. The lowest BCUT2D eigenvalue weighted by Gasteiger charge is -2.37. The summed E-state index contributed by atoms with van der Waals surface area (Å²) < 4.78 is 12.9. The highest BCUT2D eigenvalue weighted by Gasteiger charge is 2.32. The summed E-state index contributed by atoms with van der Waals surface area (Å²) in [6.45, 7) is 1.24. The van der Waals surface area contributed by atoms with E-state index in [1.165, 1.54) is 50.6 Å². The number of halogens is 2. The van der Waals surface area contributed by atoms with Gasteiger partial charge in [-0.1, -0.05) is 12.1 Å². The molecule has 0 amide bonds. The molecule has 2 aliphatic rings. The van der Waals surface area contributed by atoms with E-state index in [2.05, 4.69) is 4.90 Å². The Morgan fingerprint density at radius 1 is 1.05 bits per heavy atom. The zero-order chi connectivity index (χ0) is 14.7. The van der Waals surface area contributed by atoms with Crippen LogP contribution in [0.2, 0.25) is 0 Å². The second-order valence-electron chi connectivity index (χ2n) is 6.69. The van der Waals surface area contributed by atoms with Crippen LogP contribution in [-0.2, 0) is 6.42 Å². The Morgan fingerprint density at radius 2 is 1.76 bits per heavy atom. The van der Waals surface area contributed by atoms with E-state index in [0.717, 1.165) is 24.3 Å². The van der Waals surface area contributed by atoms with Crippen LogP contribution in [0.5, 0.6) is 0 Å². The van der Waals surface area contributed by atoms with Crippen molar-refractivity contribution < 1.29 is 4.39 Å². The van der Waals surface area contributed by atoms with Gasteiger partial charge in [0.2, 0.25) is 0 Å². The summed E-state index contributed by atoms with van der Waals surface area (Å²) in [5.74, 6) is 1.42. The molecule has 0 spiro atoms. The van der Waals surface area contributed by atoms with Gasteiger partial charge in [0.1, 0.15) is 5.82 Å². The molecular formula is C18H25ClFN. The molecule has 1 aliphatic heterocycles. The number of likely N-dealkylation sites (tertiary alicyclic amines) is 1. The molecule has 1 saturated carbocycles. The first-order chi connectivity index (χ1) is 10.3. The van der Waals surface area contributed by atoms with Gasteiger partial charge < -0.3 is 0 Å². The van der Waals surface area contributed by atoms with Gasteiger partial charge in [-0.3, -0.25) is 4.90 Å². The van der Waals surface area contributed by atoms with Gasteiger partial charge in [-0.15, -0.1) is 11.6 Å². The van der Waals surface area contributed by atoms with E-state index in [-0.39, 0.29) is 5.82 Å². The molecule has 3 rings (SSSR count). The fraction of sp³-hybridized carbons (Fsp3) is 0.667. The Labute approximate surface area is 132 Å². The van der Waals surface area contributed by atoms with Gasteiger partial charge in [0.05, 0.1) is 0 Å². The third-order valence-electron chi connectivity index (χ3n) is 5.32. The summed E-state index contributed by atoms with van der Waals surface area (Å²) in [5, 5.41) is 0. The number of nitrogens with zero attached hydrogens (tertiary/aromatic N) is 1. The molecule has 0 radical (unpaired) electrons. The molecule has 1 heterocycles. The standard InChI is InChI=1S/C18H25ClFN/c19-13-18-2-1-11-21(18)17-9-5-15(6-10-17)12-14-3-7-16(20)8-4-14/h3-4,7-8,15,17-18H,1-2,5-6,9-13H2/t15?,17?,18-/m0/s1. The highest BCUT2D eigenvalue weighted by molar-refractivity contribution is 6.18. The predicted octanol–water partition coefficient (Wildman–Crippen LogP) is 4.63. The normalized spacial score (nSPS) is 30.7. The molecular weight excluding hydrogens is 285 g/mol. The third-order valence-corrected chi connectivity index (χ3v) is 5.68. The van der Waals surface area contributed by atoms with E-state index in [9.17, 15) is 4.39 Å². The van der Waals surface area contributed by atoms with E-state index in [4.69, 9.17) is 11.6 Å². The fourth-order valence-electron chi connectivity index (χ4n) is 4.14. The molecule has 21 heavy (non-hydrogen) atoms. The summed E-state index contributed by atoms with van der Waals surface area (Å²) in [5.41, 5.74) is 1.28. The Kier molecular flexibility index (Phi) is 5.18. The average Bonchev–Trinajstić information content (AvgIpc) is 2.99. The fourth-order valence-corrected chi connectivity index (χ4v) is 4.47. The lowest BCUT2D eigenvalue weighted by Crippen LogP contribution is -2.42. The molecule has 3 heteroatoms. The van der Waals surface area contributed by atoms with Gasteiger partial charge in [-0.2, -0.15) is 0 Å². The van der Waals surface area contributed by atoms with Crippen LogP contribution in [0.1, 0.15) is 44.1 Å². The van der Waals surface area contributed by atoms with Crippen molar-refractivity contribution in [1.82, 2.24) is 4.90 Å². The van der Waals surface area contributed by atoms with Crippen LogP contribution in [0.4, 0.5) is 4.39 Å². The predicted molar refractivity (Wildman–Crippen MR) is 86.3 cm³/mol. The molecule has 0 N–H and O–H groups in total. The van der Waals surface area contributed by atoms with Crippen molar-refractivity contribution in [1.29, 1.82) is 0 Å². The molecule has 1 aliphatic carbocycles. The molecule has 1 atom stereocenters. The molecule has 1 aromatic rings. The van der Waals surface area contributed by atoms with Crippen LogP contribution in [0.15, 0.2) is 24.3 Å². The number of benzene rings is 1. The topological polar surface area (TPSA) is 3.24 Å². The lowest BCUT2D eigenvalue weighted by atomic mass is 9.82. The first-order valence-corrected chi connectivity index (χ1v) is 8.86. The lowest BCUT2D eigenvalue weighted by molar-refractivity contribution is 0.132. The zero-order valence-corrected chi connectivity index (χ0v) is 13.4. The van der Waals surface area contributed by atoms with Crippen molar-refractivity contribution in [3.05, 3.63) is 35.6 Å². The third kappa shape index (κ3) is 3.78. The highest BCUT2D eigenvalue weighted by atomic mass is 35.5. The maximum Gasteiger partial charge on any atom is 0.123 e. The molecule has 1 saturated heterocycles. The van der Waals surface area contributed by atoms with Crippen molar-refractivity contribution in [2.45, 2.75) is 57.0 Å². The Balaban J connectivity index is 1.49. The minimum absolute atomic E-state index is 0.136. The largest absolute Gasteiger partial charge is 0.296 e. The second-order valence-corrected chi connectivity index (χ2v) is 7.00. The minimum atomic E-state index is -0.136. The van der Waals surface area contributed by atoms with Gasteiger partial charge in [0.25, 0.3) is 0 Å². The van der Waals surface area contributed by atoms with Crippen LogP contribution in [0, 0.1) is 11.7 Å². The van der Waals surface area contributed by atoms with Crippen LogP contribution in [0.3, 0.4) is 0 Å². The summed E-state index contributed by atoms with van der Waals surface area (Å²) in [6, 6.07) is 8.40. The number of hydrogen-bond acceptors (Lipinski definition) is 1. The van der Waals surface area contributed by atoms with Gasteiger partial charge >= 0.3 is 0 Å². The van der Waals surface area contributed by atoms with E-state index in [0.29, 0.717) is 6.04 Å². The first kappa shape index (κ1) is 15.3. The number of alkyl halides is 1. The maximum atomic E-state index is 12.9. The van der Waals surface area contributed by atoms with E-state index in [1.807, 2.05) is 12.1 Å².